The summed E-state index contributed by atoms with van der Waals surface area (Å²) >= 11 is 0. The second kappa shape index (κ2) is 6.21. The van der Waals surface area contributed by atoms with E-state index in [1.807, 2.05) is 31.3 Å². The number of hydrogen-bond acceptors (Lipinski definition) is 3. The fourth-order valence-corrected chi connectivity index (χ4v) is 3.95. The van der Waals surface area contributed by atoms with E-state index in [1.165, 1.54) is 11.3 Å². The van der Waals surface area contributed by atoms with Crippen molar-refractivity contribution < 1.29 is 9.59 Å². The van der Waals surface area contributed by atoms with Gasteiger partial charge in [0.2, 0.25) is 5.91 Å². The van der Waals surface area contributed by atoms with Crippen LogP contribution in [0.25, 0.3) is 0 Å². The quantitative estimate of drug-likeness (QED) is 0.686. The number of benzene rings is 1. The summed E-state index contributed by atoms with van der Waals surface area (Å²) in [6.45, 7) is 1.32. The molecule has 1 aliphatic heterocycles. The van der Waals surface area contributed by atoms with Crippen LogP contribution in [0.15, 0.2) is 24.3 Å². The molecule has 0 bridgehead atoms. The predicted octanol–water partition coefficient (Wildman–Crippen LogP) is 2.48. The molecule has 118 valence electrons. The first-order valence-corrected chi connectivity index (χ1v) is 8.31. The summed E-state index contributed by atoms with van der Waals surface area (Å²) in [5.41, 5.74) is 1.24. The topological polar surface area (TPSA) is 49.4 Å². The smallest absolute Gasteiger partial charge is 0.260 e. The van der Waals surface area contributed by atoms with Crippen LogP contribution in [0.5, 0.6) is 0 Å². The van der Waals surface area contributed by atoms with Gasteiger partial charge in [-0.3, -0.25) is 14.5 Å². The van der Waals surface area contributed by atoms with Crippen molar-refractivity contribution in [2.45, 2.75) is 43.9 Å². The molecule has 1 aliphatic carbocycles. The van der Waals surface area contributed by atoms with E-state index in [1.54, 1.807) is 0 Å². The van der Waals surface area contributed by atoms with E-state index < -0.39 is 5.41 Å². The lowest BCUT2D eigenvalue weighted by Gasteiger charge is -2.44. The van der Waals surface area contributed by atoms with Crippen LogP contribution in [0.3, 0.4) is 0 Å². The van der Waals surface area contributed by atoms with Crippen molar-refractivity contribution in [3.63, 3.8) is 0 Å². The summed E-state index contributed by atoms with van der Waals surface area (Å²) in [5.74, 6) is -0.0834. The lowest BCUT2D eigenvalue weighted by Crippen LogP contribution is -2.55. The fraction of sp³-hybridized carbons (Fsp3) is 0.556. The van der Waals surface area contributed by atoms with Gasteiger partial charge in [0.05, 0.1) is 5.41 Å². The van der Waals surface area contributed by atoms with Gasteiger partial charge in [-0.15, -0.1) is 0 Å². The molecular weight excluding hydrogens is 276 g/mol. The van der Waals surface area contributed by atoms with E-state index in [-0.39, 0.29) is 11.8 Å². The Kier molecular flexibility index (Phi) is 4.30. The maximum Gasteiger partial charge on any atom is 0.260 e. The Morgan fingerprint density at radius 2 is 1.86 bits per heavy atom. The number of amides is 2. The van der Waals surface area contributed by atoms with E-state index in [0.29, 0.717) is 6.54 Å². The largest absolute Gasteiger partial charge is 0.320 e. The number of nitrogens with zero attached hydrogens (tertiary/aromatic N) is 1. The predicted molar refractivity (Wildman–Crippen MR) is 85.8 cm³/mol. The third-order valence-corrected chi connectivity index (χ3v) is 5.09. The number of carbonyl (C=O) groups is 2. The van der Waals surface area contributed by atoms with Crippen LogP contribution in [0.2, 0.25) is 0 Å². The molecule has 1 spiro atoms. The van der Waals surface area contributed by atoms with Crippen molar-refractivity contribution in [2.75, 3.05) is 20.1 Å². The summed E-state index contributed by atoms with van der Waals surface area (Å²) in [6, 6.07) is 7.72. The zero-order valence-corrected chi connectivity index (χ0v) is 13.2. The monoisotopic (exact) mass is 300 g/mol. The van der Waals surface area contributed by atoms with Crippen LogP contribution in [0.1, 0.15) is 54.4 Å². The molecule has 2 aliphatic rings. The molecule has 2 amide bonds. The van der Waals surface area contributed by atoms with Crippen molar-refractivity contribution in [3.8, 4) is 0 Å². The van der Waals surface area contributed by atoms with Gasteiger partial charge < -0.3 is 5.32 Å². The molecule has 0 unspecified atom stereocenters. The molecule has 1 fully saturated rings. The molecule has 22 heavy (non-hydrogen) atoms. The van der Waals surface area contributed by atoms with Crippen LogP contribution < -0.4 is 5.32 Å². The molecule has 0 radical (unpaired) electrons. The van der Waals surface area contributed by atoms with Gasteiger partial charge in [-0.05, 0) is 44.5 Å². The van der Waals surface area contributed by atoms with Crippen LogP contribution in [0.4, 0.5) is 0 Å². The van der Waals surface area contributed by atoms with Gasteiger partial charge in [-0.1, -0.05) is 37.5 Å². The highest BCUT2D eigenvalue weighted by Crippen LogP contribution is 2.45. The van der Waals surface area contributed by atoms with Crippen LogP contribution in [-0.4, -0.2) is 36.9 Å². The van der Waals surface area contributed by atoms with Gasteiger partial charge in [-0.2, -0.15) is 0 Å². The van der Waals surface area contributed by atoms with Crippen molar-refractivity contribution in [1.29, 1.82) is 0 Å². The first kappa shape index (κ1) is 15.2. The molecule has 4 nitrogen and oxygen atoms in total. The molecule has 1 aromatic carbocycles. The standard InChI is InChI=1S/C18H24N2O2/c1-19-12-7-13-20-16(21)14-8-3-4-9-15(14)18(17(20)22)10-5-2-6-11-18/h3-4,8-9,19H,2,5-7,10-13H2,1H3. The van der Waals surface area contributed by atoms with Gasteiger partial charge in [-0.25, -0.2) is 0 Å². The maximum atomic E-state index is 13.2. The molecular formula is C18H24N2O2. The first-order valence-electron chi connectivity index (χ1n) is 8.31. The van der Waals surface area contributed by atoms with Crippen molar-refractivity contribution in [1.82, 2.24) is 10.2 Å². The molecule has 1 heterocycles. The van der Waals surface area contributed by atoms with Crippen LogP contribution in [-0.2, 0) is 10.2 Å². The fourth-order valence-electron chi connectivity index (χ4n) is 3.95. The third-order valence-electron chi connectivity index (χ3n) is 5.09. The molecule has 1 saturated carbocycles. The normalized spacial score (nSPS) is 20.3. The Morgan fingerprint density at radius 3 is 2.59 bits per heavy atom. The third kappa shape index (κ3) is 2.35. The highest BCUT2D eigenvalue weighted by Gasteiger charge is 2.50. The second-order valence-electron chi connectivity index (χ2n) is 6.41. The number of rotatable bonds is 4. The van der Waals surface area contributed by atoms with E-state index in [9.17, 15) is 9.59 Å². The summed E-state index contributed by atoms with van der Waals surface area (Å²) in [4.78, 5) is 27.4. The summed E-state index contributed by atoms with van der Waals surface area (Å²) in [7, 11) is 1.89. The van der Waals surface area contributed by atoms with Crippen molar-refractivity contribution >= 4 is 11.8 Å². The molecule has 0 saturated heterocycles. The lowest BCUT2D eigenvalue weighted by atomic mass is 9.65. The zero-order chi connectivity index (χ0) is 15.6. The van der Waals surface area contributed by atoms with Crippen molar-refractivity contribution in [3.05, 3.63) is 35.4 Å². The number of imide groups is 1. The Morgan fingerprint density at radius 1 is 1.14 bits per heavy atom. The summed E-state index contributed by atoms with van der Waals surface area (Å²) in [5, 5.41) is 3.08. The minimum Gasteiger partial charge on any atom is -0.320 e. The van der Waals surface area contributed by atoms with E-state index in [2.05, 4.69) is 5.32 Å². The minimum atomic E-state index is -0.456. The van der Waals surface area contributed by atoms with Gasteiger partial charge in [0, 0.05) is 12.1 Å². The summed E-state index contributed by atoms with van der Waals surface area (Å²) in [6.07, 6.45) is 5.87. The van der Waals surface area contributed by atoms with Gasteiger partial charge in [0.15, 0.2) is 0 Å². The van der Waals surface area contributed by atoms with Crippen LogP contribution in [0, 0.1) is 0 Å². The molecule has 0 aromatic heterocycles. The molecule has 3 rings (SSSR count). The second-order valence-corrected chi connectivity index (χ2v) is 6.41. The number of hydrogen-bond donors (Lipinski definition) is 1. The Bertz CT molecular complexity index is 576. The van der Waals surface area contributed by atoms with E-state index >= 15 is 0 Å². The molecule has 4 heteroatoms. The lowest BCUT2D eigenvalue weighted by molar-refractivity contribution is -0.137. The summed E-state index contributed by atoms with van der Waals surface area (Å²) < 4.78 is 0. The average Bonchev–Trinajstić information content (AvgIpc) is 2.57. The number of carbonyl (C=O) groups excluding carboxylic acids is 2. The number of nitrogens with one attached hydrogen (secondary N) is 1. The highest BCUT2D eigenvalue weighted by molar-refractivity contribution is 6.13. The molecule has 1 N–H and O–H groups in total. The Labute approximate surface area is 131 Å². The Hall–Kier alpha value is -1.68. The number of fused-ring (bicyclic) bond motifs is 2. The van der Waals surface area contributed by atoms with E-state index in [0.717, 1.165) is 49.8 Å². The minimum absolute atomic E-state index is 0.0343. The first-order chi connectivity index (χ1) is 10.7. The van der Waals surface area contributed by atoms with Gasteiger partial charge in [0.25, 0.3) is 5.91 Å². The zero-order valence-electron chi connectivity index (χ0n) is 13.2. The van der Waals surface area contributed by atoms with Gasteiger partial charge in [0.1, 0.15) is 0 Å². The molecule has 0 atom stereocenters. The van der Waals surface area contributed by atoms with Crippen LogP contribution >= 0.6 is 0 Å². The highest BCUT2D eigenvalue weighted by atomic mass is 16.2. The van der Waals surface area contributed by atoms with Gasteiger partial charge >= 0.3 is 0 Å². The SMILES string of the molecule is CNCCCN1C(=O)c2ccccc2C2(CCCCC2)C1=O. The molecule has 1 aromatic rings. The average molecular weight is 300 g/mol. The van der Waals surface area contributed by atoms with Crippen molar-refractivity contribution in [2.24, 2.45) is 0 Å². The Balaban J connectivity index is 2.00. The maximum absolute atomic E-state index is 13.2. The van der Waals surface area contributed by atoms with E-state index in [4.69, 9.17) is 0 Å².